The van der Waals surface area contributed by atoms with Crippen LogP contribution in [0.1, 0.15) is 34.3 Å². The number of halogens is 3. The predicted octanol–water partition coefficient (Wildman–Crippen LogP) is 3.26. The third kappa shape index (κ3) is 8.14. The highest BCUT2D eigenvalue weighted by Gasteiger charge is 2.40. The third-order valence-electron chi connectivity index (χ3n) is 5.57. The number of alkyl halides is 3. The number of nitrogens with zero attached hydrogens (tertiary/aromatic N) is 2. The lowest BCUT2D eigenvalue weighted by Gasteiger charge is -2.24. The molecule has 3 rings (SSSR count). The Morgan fingerprint density at radius 1 is 1.11 bits per heavy atom. The summed E-state index contributed by atoms with van der Waals surface area (Å²) in [6.07, 6.45) is -3.40. The second kappa shape index (κ2) is 11.5. The molecule has 1 fully saturated rings. The Hall–Kier alpha value is -2.76. The smallest absolute Gasteiger partial charge is 0.395 e. The number of phosphoric ester groups is 1. The molecule has 1 heterocycles. The van der Waals surface area contributed by atoms with E-state index >= 15 is 0 Å². The van der Waals surface area contributed by atoms with Gasteiger partial charge in [-0.25, -0.2) is 4.57 Å². The number of aryl methyl sites for hydroxylation is 1. The number of oxime groups is 1. The van der Waals surface area contributed by atoms with Crippen molar-refractivity contribution in [2.45, 2.75) is 31.0 Å². The van der Waals surface area contributed by atoms with Gasteiger partial charge in [0.1, 0.15) is 6.61 Å². The quantitative estimate of drug-likeness (QED) is 0.186. The maximum atomic E-state index is 13.6. The summed E-state index contributed by atoms with van der Waals surface area (Å²) in [7, 11) is -4.71. The van der Waals surface area contributed by atoms with Crippen LogP contribution in [0, 0.1) is 0 Å². The van der Waals surface area contributed by atoms with E-state index in [1.54, 1.807) is 0 Å². The summed E-state index contributed by atoms with van der Waals surface area (Å²) >= 11 is 0. The van der Waals surface area contributed by atoms with Crippen LogP contribution in [0.3, 0.4) is 0 Å². The van der Waals surface area contributed by atoms with Crippen molar-refractivity contribution in [3.8, 4) is 0 Å². The fourth-order valence-electron chi connectivity index (χ4n) is 3.72. The van der Waals surface area contributed by atoms with Gasteiger partial charge in [0, 0.05) is 24.2 Å². The van der Waals surface area contributed by atoms with Crippen LogP contribution in [-0.4, -0.2) is 64.3 Å². The molecule has 13 heteroatoms. The minimum absolute atomic E-state index is 0.00652. The number of carbonyl (C=O) groups excluding carboxylic acids is 1. The van der Waals surface area contributed by atoms with E-state index in [1.165, 1.54) is 17.0 Å². The molecule has 2 aromatic rings. The van der Waals surface area contributed by atoms with E-state index in [4.69, 9.17) is 20.4 Å². The largest absolute Gasteiger partial charge is 0.469 e. The van der Waals surface area contributed by atoms with Gasteiger partial charge >= 0.3 is 14.0 Å². The van der Waals surface area contributed by atoms with Crippen molar-refractivity contribution in [1.29, 1.82) is 0 Å². The number of nitrogens with two attached hydrogens (primary N) is 1. The van der Waals surface area contributed by atoms with E-state index in [2.05, 4.69) is 9.68 Å². The Labute approximate surface area is 205 Å². The molecule has 4 N–H and O–H groups in total. The first-order chi connectivity index (χ1) is 16.9. The third-order valence-corrected chi connectivity index (χ3v) is 6.03. The van der Waals surface area contributed by atoms with Gasteiger partial charge < -0.3 is 25.3 Å². The Balaban J connectivity index is 1.60. The Bertz CT molecular complexity index is 1110. The van der Waals surface area contributed by atoms with Crippen LogP contribution < -0.4 is 5.73 Å². The number of hydrogen-bond acceptors (Lipinski definition) is 6. The molecule has 1 aliphatic rings. The van der Waals surface area contributed by atoms with E-state index in [0.29, 0.717) is 12.8 Å². The van der Waals surface area contributed by atoms with Gasteiger partial charge in [-0.2, -0.15) is 13.2 Å². The molecular weight excluding hydrogens is 502 g/mol. The van der Waals surface area contributed by atoms with Crippen molar-refractivity contribution in [2.75, 3.05) is 26.3 Å². The highest BCUT2D eigenvalue weighted by Crippen LogP contribution is 2.37. The molecule has 0 spiro atoms. The van der Waals surface area contributed by atoms with Crippen LogP contribution in [0.2, 0.25) is 0 Å². The summed E-state index contributed by atoms with van der Waals surface area (Å²) < 4.78 is 56.1. The van der Waals surface area contributed by atoms with Gasteiger partial charge in [-0.05, 0) is 37.0 Å². The minimum atomic E-state index is -4.77. The molecule has 1 amide bonds. The van der Waals surface area contributed by atoms with Gasteiger partial charge in [-0.1, -0.05) is 47.6 Å². The summed E-state index contributed by atoms with van der Waals surface area (Å²) in [6, 6.07) is 14.2. The van der Waals surface area contributed by atoms with Gasteiger partial charge in [0.15, 0.2) is 5.71 Å². The van der Waals surface area contributed by atoms with Crippen LogP contribution in [0.15, 0.2) is 59.8 Å². The number of carbonyl (C=O) groups is 1. The van der Waals surface area contributed by atoms with E-state index in [0.717, 1.165) is 17.7 Å². The second-order valence-corrected chi connectivity index (χ2v) is 9.78. The van der Waals surface area contributed by atoms with Gasteiger partial charge in [0.25, 0.3) is 5.91 Å². The lowest BCUT2D eigenvalue weighted by atomic mass is 10.0. The predicted molar refractivity (Wildman–Crippen MR) is 125 cm³/mol. The van der Waals surface area contributed by atoms with E-state index in [-0.39, 0.29) is 37.2 Å². The van der Waals surface area contributed by atoms with Crippen LogP contribution in [0.25, 0.3) is 0 Å². The van der Waals surface area contributed by atoms with Crippen molar-refractivity contribution in [1.82, 2.24) is 4.90 Å². The monoisotopic (exact) mass is 529 g/mol. The zero-order valence-electron chi connectivity index (χ0n) is 19.2. The van der Waals surface area contributed by atoms with Crippen molar-refractivity contribution in [2.24, 2.45) is 10.9 Å². The summed E-state index contributed by atoms with van der Waals surface area (Å²) in [5, 5.41) is 3.31. The van der Waals surface area contributed by atoms with E-state index < -0.39 is 37.8 Å². The molecule has 36 heavy (non-hydrogen) atoms. The van der Waals surface area contributed by atoms with Gasteiger partial charge in [-0.3, -0.25) is 9.32 Å². The van der Waals surface area contributed by atoms with E-state index in [9.17, 15) is 22.5 Å². The molecule has 1 aliphatic heterocycles. The first-order valence-electron chi connectivity index (χ1n) is 11.1. The normalized spacial score (nSPS) is 18.9. The highest BCUT2D eigenvalue weighted by molar-refractivity contribution is 7.46. The van der Waals surface area contributed by atoms with Crippen molar-refractivity contribution >= 4 is 19.4 Å². The number of benzene rings is 2. The lowest BCUT2D eigenvalue weighted by molar-refractivity contribution is -0.0615. The Morgan fingerprint density at radius 2 is 1.75 bits per heavy atom. The summed E-state index contributed by atoms with van der Waals surface area (Å²) in [5.74, 6) is -0.479. The van der Waals surface area contributed by atoms with Crippen molar-refractivity contribution in [3.63, 3.8) is 0 Å². The minimum Gasteiger partial charge on any atom is -0.395 e. The summed E-state index contributed by atoms with van der Waals surface area (Å²) in [6.45, 7) is -0.267. The number of rotatable bonds is 10. The average Bonchev–Trinajstić information content (AvgIpc) is 3.22. The molecule has 2 aromatic carbocycles. The molecule has 0 aromatic heterocycles. The Morgan fingerprint density at radius 3 is 2.36 bits per heavy atom. The van der Waals surface area contributed by atoms with Gasteiger partial charge in [0.05, 0.1) is 12.1 Å². The number of hydrogen-bond donors (Lipinski definition) is 3. The summed E-state index contributed by atoms with van der Waals surface area (Å²) in [4.78, 5) is 36.8. The molecular formula is C23H27F3N3O6P. The summed E-state index contributed by atoms with van der Waals surface area (Å²) in [5.41, 5.74) is 4.62. The average molecular weight is 529 g/mol. The van der Waals surface area contributed by atoms with Crippen LogP contribution in [-0.2, 0) is 20.3 Å². The fraction of sp³-hybridized carbons (Fsp3) is 0.391. The second-order valence-electron chi connectivity index (χ2n) is 8.54. The molecule has 0 saturated carbocycles. The van der Waals surface area contributed by atoms with E-state index in [1.807, 2.05) is 30.3 Å². The van der Waals surface area contributed by atoms with Crippen molar-refractivity contribution in [3.05, 3.63) is 71.3 Å². The molecule has 1 atom stereocenters. The zero-order valence-corrected chi connectivity index (χ0v) is 20.1. The fourth-order valence-corrected chi connectivity index (χ4v) is 4.14. The zero-order chi connectivity index (χ0) is 26.4. The number of phosphoric acid groups is 1. The van der Waals surface area contributed by atoms with Crippen LogP contribution in [0.5, 0.6) is 0 Å². The maximum Gasteiger partial charge on any atom is 0.469 e. The first-order valence-corrected chi connectivity index (χ1v) is 12.6. The molecule has 0 aliphatic carbocycles. The van der Waals surface area contributed by atoms with Crippen LogP contribution >= 0.6 is 7.82 Å². The van der Waals surface area contributed by atoms with Crippen LogP contribution in [0.4, 0.5) is 13.2 Å². The SMILES string of the molecule is NC1(COP(=O)(O)O)CCN(C(=O)c2ccc(/C(=N/OCCCc3ccccc3)C(F)(F)F)cc2)C1. The molecule has 1 unspecified atom stereocenters. The van der Waals surface area contributed by atoms with Gasteiger partial charge in [0.2, 0.25) is 0 Å². The first kappa shape index (κ1) is 27.8. The topological polar surface area (TPSA) is 135 Å². The molecule has 0 bridgehead atoms. The highest BCUT2D eigenvalue weighted by atomic mass is 31.2. The lowest BCUT2D eigenvalue weighted by Crippen LogP contribution is -2.47. The molecule has 0 radical (unpaired) electrons. The molecule has 1 saturated heterocycles. The molecule has 196 valence electrons. The molecule has 9 nitrogen and oxygen atoms in total. The maximum absolute atomic E-state index is 13.6. The Kier molecular flexibility index (Phi) is 8.91. The van der Waals surface area contributed by atoms with Gasteiger partial charge in [-0.15, -0.1) is 0 Å². The number of amides is 1. The standard InChI is InChI=1S/C23H27F3N3O6P/c24-23(25,26)20(28-34-14-4-7-17-5-2-1-3-6-17)18-8-10-19(11-9-18)21(30)29-13-12-22(27,15-29)16-35-36(31,32)33/h1-3,5-6,8-11H,4,7,12-16,27H2,(H2,31,32,33)/b28-20-. The van der Waals surface area contributed by atoms with Crippen molar-refractivity contribution < 1.29 is 41.7 Å². The number of likely N-dealkylation sites (tertiary alicyclic amines) is 1.